The van der Waals surface area contributed by atoms with Crippen LogP contribution in [0.4, 0.5) is 14.5 Å². The number of amides is 1. The molecule has 2 heterocycles. The molecular weight excluding hydrogens is 398 g/mol. The van der Waals surface area contributed by atoms with Crippen LogP contribution >= 0.6 is 0 Å². The van der Waals surface area contributed by atoms with E-state index in [0.29, 0.717) is 12.2 Å². The number of para-hydroxylation sites is 1. The number of fused-ring (bicyclic) bond motifs is 1. The van der Waals surface area contributed by atoms with Crippen LogP contribution in [0.5, 0.6) is 0 Å². The van der Waals surface area contributed by atoms with Crippen molar-refractivity contribution >= 4 is 11.6 Å². The maximum Gasteiger partial charge on any atom is 0.221 e. The number of benzene rings is 2. The van der Waals surface area contributed by atoms with Crippen molar-refractivity contribution in [2.24, 2.45) is 0 Å². The summed E-state index contributed by atoms with van der Waals surface area (Å²) in [6, 6.07) is 8.32. The Kier molecular flexibility index (Phi) is 5.87. The van der Waals surface area contributed by atoms with Crippen LogP contribution in [0.2, 0.25) is 0 Å². The number of aryl methyl sites for hydroxylation is 2. The molecule has 2 aromatic carbocycles. The van der Waals surface area contributed by atoms with Gasteiger partial charge in [-0.15, -0.1) is 0 Å². The van der Waals surface area contributed by atoms with Gasteiger partial charge in [0.25, 0.3) is 0 Å². The summed E-state index contributed by atoms with van der Waals surface area (Å²) in [4.78, 5) is 11.3. The first-order valence-electron chi connectivity index (χ1n) is 10.6. The molecule has 1 aromatic heterocycles. The van der Waals surface area contributed by atoms with Crippen molar-refractivity contribution in [2.75, 3.05) is 11.9 Å². The molecule has 1 aliphatic heterocycles. The van der Waals surface area contributed by atoms with E-state index in [1.807, 2.05) is 18.2 Å². The molecule has 0 unspecified atom stereocenters. The predicted molar refractivity (Wildman–Crippen MR) is 117 cm³/mol. The minimum Gasteiger partial charge on any atom is -0.324 e. The van der Waals surface area contributed by atoms with Gasteiger partial charge in [0.1, 0.15) is 11.6 Å². The average Bonchev–Trinajstić information content (AvgIpc) is 3.13. The van der Waals surface area contributed by atoms with Crippen LogP contribution in [-0.4, -0.2) is 22.2 Å². The van der Waals surface area contributed by atoms with Crippen LogP contribution in [0.3, 0.4) is 0 Å². The summed E-state index contributed by atoms with van der Waals surface area (Å²) in [5, 5.41) is 10.5. The topological polar surface area (TPSA) is 59.0 Å². The van der Waals surface area contributed by atoms with Gasteiger partial charge in [-0.2, -0.15) is 5.10 Å². The van der Waals surface area contributed by atoms with Crippen molar-refractivity contribution in [1.29, 1.82) is 0 Å². The summed E-state index contributed by atoms with van der Waals surface area (Å²) in [7, 11) is 0. The number of anilines is 1. The van der Waals surface area contributed by atoms with E-state index in [9.17, 15) is 9.18 Å². The van der Waals surface area contributed by atoms with Crippen LogP contribution in [-0.2, 0) is 30.6 Å². The molecule has 5 nitrogen and oxygen atoms in total. The van der Waals surface area contributed by atoms with Gasteiger partial charge in [-0.05, 0) is 30.0 Å². The zero-order valence-electron chi connectivity index (χ0n) is 18.0. The second-order valence-electron chi connectivity index (χ2n) is 7.74. The number of nitrogens with one attached hydrogen (secondary N) is 2. The van der Waals surface area contributed by atoms with Crippen molar-refractivity contribution in [3.8, 4) is 16.9 Å². The summed E-state index contributed by atoms with van der Waals surface area (Å²) in [5.74, 6) is -1.75. The van der Waals surface area contributed by atoms with Crippen LogP contribution in [0.1, 0.15) is 43.2 Å². The number of halogens is 2. The third-order valence-electron chi connectivity index (χ3n) is 5.71. The highest BCUT2D eigenvalue weighted by molar-refractivity contribution is 5.89. The molecule has 0 spiro atoms. The molecule has 0 bridgehead atoms. The molecule has 3 aromatic rings. The molecule has 0 saturated heterocycles. The molecule has 0 fully saturated rings. The fraction of sp³-hybridized carbons (Fsp3) is 0.333. The van der Waals surface area contributed by atoms with Gasteiger partial charge in [-0.25, -0.2) is 13.5 Å². The molecule has 2 N–H and O–H groups in total. The van der Waals surface area contributed by atoms with Crippen molar-refractivity contribution < 1.29 is 13.6 Å². The Hall–Kier alpha value is -3.06. The van der Waals surface area contributed by atoms with E-state index >= 15 is 4.39 Å². The van der Waals surface area contributed by atoms with Crippen molar-refractivity contribution in [1.82, 2.24) is 15.1 Å². The first-order valence-corrected chi connectivity index (χ1v) is 10.6. The molecule has 0 atom stereocenters. The third-order valence-corrected chi connectivity index (χ3v) is 5.71. The first kappa shape index (κ1) is 21.2. The van der Waals surface area contributed by atoms with Crippen molar-refractivity contribution in [3.63, 3.8) is 0 Å². The minimum atomic E-state index is -0.684. The highest BCUT2D eigenvalue weighted by atomic mass is 19.1. The normalized spacial score (nSPS) is 13.2. The lowest BCUT2D eigenvalue weighted by molar-refractivity contribution is -0.114. The van der Waals surface area contributed by atoms with E-state index in [2.05, 4.69) is 24.5 Å². The Labute approximate surface area is 180 Å². The number of rotatable bonds is 5. The van der Waals surface area contributed by atoms with E-state index in [0.717, 1.165) is 66.0 Å². The van der Waals surface area contributed by atoms with Crippen molar-refractivity contribution in [2.45, 2.75) is 46.6 Å². The minimum absolute atomic E-state index is 0.136. The lowest BCUT2D eigenvalue weighted by atomic mass is 9.99. The van der Waals surface area contributed by atoms with Gasteiger partial charge in [-0.3, -0.25) is 4.79 Å². The summed E-state index contributed by atoms with van der Waals surface area (Å²) in [5.41, 5.74) is 5.43. The highest BCUT2D eigenvalue weighted by Gasteiger charge is 2.27. The van der Waals surface area contributed by atoms with E-state index in [1.54, 1.807) is 4.68 Å². The van der Waals surface area contributed by atoms with Crippen LogP contribution in [0.15, 0.2) is 30.3 Å². The quantitative estimate of drug-likeness (QED) is 0.632. The number of hydrogen-bond donors (Lipinski definition) is 2. The van der Waals surface area contributed by atoms with Gasteiger partial charge in [0.2, 0.25) is 5.91 Å². The van der Waals surface area contributed by atoms with Crippen LogP contribution in [0, 0.1) is 11.6 Å². The number of carbonyl (C=O) groups excluding carboxylic acids is 1. The van der Waals surface area contributed by atoms with E-state index in [-0.39, 0.29) is 11.3 Å². The summed E-state index contributed by atoms with van der Waals surface area (Å²) in [6.07, 6.45) is 2.31. The average molecular weight is 424 g/mol. The summed E-state index contributed by atoms with van der Waals surface area (Å²) >= 11 is 0. The number of carbonyl (C=O) groups is 1. The lowest BCUT2D eigenvalue weighted by Crippen LogP contribution is -2.23. The Morgan fingerprint density at radius 2 is 1.87 bits per heavy atom. The van der Waals surface area contributed by atoms with Crippen molar-refractivity contribution in [3.05, 3.63) is 64.4 Å². The molecule has 162 valence electrons. The van der Waals surface area contributed by atoms with E-state index in [4.69, 9.17) is 5.10 Å². The zero-order valence-corrected chi connectivity index (χ0v) is 18.0. The summed E-state index contributed by atoms with van der Waals surface area (Å²) in [6.45, 7) is 6.74. The number of nitrogens with zero attached hydrogens (tertiary/aromatic N) is 2. The molecule has 0 aliphatic carbocycles. The SMILES string of the molecule is CCc1cccc(CC)c1-n1nc2c(c1-c1cc(F)c(NC(C)=O)cc1F)CNCC2. The zero-order chi connectivity index (χ0) is 22.1. The standard InChI is InChI=1S/C24H26F2N4O/c1-4-15-7-6-8-16(5-2)23(15)30-24(18-13-27-10-9-21(18)29-30)17-11-20(26)22(12-19(17)25)28-14(3)31/h6-8,11-12,27H,4-5,9-10,13H2,1-3H3,(H,28,31). The highest BCUT2D eigenvalue weighted by Crippen LogP contribution is 2.36. The summed E-state index contributed by atoms with van der Waals surface area (Å²) < 4.78 is 31.9. The maximum absolute atomic E-state index is 15.3. The third kappa shape index (κ3) is 3.85. The number of hydrogen-bond acceptors (Lipinski definition) is 3. The predicted octanol–water partition coefficient (Wildman–Crippen LogP) is 4.55. The second kappa shape index (κ2) is 8.59. The first-order chi connectivity index (χ1) is 14.9. The molecule has 0 saturated carbocycles. The Balaban J connectivity index is 2.00. The van der Waals surface area contributed by atoms with Gasteiger partial charge in [0.05, 0.1) is 22.8 Å². The second-order valence-corrected chi connectivity index (χ2v) is 7.74. The van der Waals surface area contributed by atoms with E-state index in [1.165, 1.54) is 6.92 Å². The van der Waals surface area contributed by atoms with E-state index < -0.39 is 17.5 Å². The molecule has 1 aliphatic rings. The van der Waals surface area contributed by atoms with Crippen LogP contribution < -0.4 is 10.6 Å². The van der Waals surface area contributed by atoms with Gasteiger partial charge in [-0.1, -0.05) is 32.0 Å². The van der Waals surface area contributed by atoms with Crippen LogP contribution in [0.25, 0.3) is 16.9 Å². The van der Waals surface area contributed by atoms with Gasteiger partial charge >= 0.3 is 0 Å². The fourth-order valence-corrected chi connectivity index (χ4v) is 4.24. The monoisotopic (exact) mass is 424 g/mol. The fourth-order valence-electron chi connectivity index (χ4n) is 4.24. The number of aromatic nitrogens is 2. The Morgan fingerprint density at radius 1 is 1.16 bits per heavy atom. The molecular formula is C24H26F2N4O. The smallest absolute Gasteiger partial charge is 0.221 e. The molecule has 7 heteroatoms. The molecule has 4 rings (SSSR count). The largest absolute Gasteiger partial charge is 0.324 e. The van der Waals surface area contributed by atoms with Gasteiger partial charge in [0, 0.05) is 43.6 Å². The lowest BCUT2D eigenvalue weighted by Gasteiger charge is -2.18. The Morgan fingerprint density at radius 3 is 2.52 bits per heavy atom. The van der Waals surface area contributed by atoms with Gasteiger partial charge < -0.3 is 10.6 Å². The molecule has 1 amide bonds. The Bertz CT molecular complexity index is 1130. The van der Waals surface area contributed by atoms with Gasteiger partial charge in [0.15, 0.2) is 0 Å². The maximum atomic E-state index is 15.3. The molecule has 0 radical (unpaired) electrons. The molecule has 31 heavy (non-hydrogen) atoms.